The van der Waals surface area contributed by atoms with Gasteiger partial charge in [-0.3, -0.25) is 19.2 Å². The third-order valence-corrected chi connectivity index (χ3v) is 4.71. The highest BCUT2D eigenvalue weighted by atomic mass is 35.5. The Balaban J connectivity index is 0.000000519. The van der Waals surface area contributed by atoms with E-state index in [9.17, 15) is 18.0 Å². The van der Waals surface area contributed by atoms with Gasteiger partial charge >= 0.3 is 0 Å². The van der Waals surface area contributed by atoms with Crippen molar-refractivity contribution in [2.45, 2.75) is 18.9 Å². The molecular formula is C18H25Cl2N5O8S2. The van der Waals surface area contributed by atoms with Gasteiger partial charge in [-0.05, 0) is 12.1 Å². The molecule has 35 heavy (non-hydrogen) atoms. The number of piperidine rings is 1. The number of aromatic amines is 1. The van der Waals surface area contributed by atoms with Gasteiger partial charge in [0.2, 0.25) is 0 Å². The number of halogens is 2. The fourth-order valence-electron chi connectivity index (χ4n) is 2.78. The standard InChI is InChI=1S/C16H17Cl2N5O2.2CH4O3S/c17-10-2-1-3-11(18)13(10)15(24)22-12-8-20-23-14(12)16(25)21-9-4-6-19-7-5-9;2*1-5(2,3)4/h1-3,8-9,19H,4-7H2,(H,20,23)(H,21,25)(H,22,24);2*1H3,(H,2,3,4). The van der Waals surface area contributed by atoms with Gasteiger partial charge in [0.05, 0.1) is 57.0 Å². The maximum Gasteiger partial charge on any atom is 0.271 e. The molecule has 0 aliphatic carbocycles. The van der Waals surface area contributed by atoms with Gasteiger partial charge in [-0.1, -0.05) is 29.3 Å². The van der Waals surface area contributed by atoms with Gasteiger partial charge in [0.1, 0.15) is 5.69 Å². The van der Waals surface area contributed by atoms with E-state index in [0.29, 0.717) is 12.5 Å². The number of H-pyrrole nitrogens is 1. The second-order valence-electron chi connectivity index (χ2n) is 7.26. The van der Waals surface area contributed by atoms with Crippen LogP contribution in [0.25, 0.3) is 0 Å². The number of hydrogen-bond donors (Lipinski definition) is 5. The lowest BCUT2D eigenvalue weighted by atomic mass is 10.1. The molecule has 13 nitrogen and oxygen atoms in total. The van der Waals surface area contributed by atoms with E-state index in [1.807, 2.05) is 0 Å². The molecule has 0 spiro atoms. The van der Waals surface area contributed by atoms with Crippen molar-refractivity contribution in [2.75, 3.05) is 30.9 Å². The third kappa shape index (κ3) is 13.4. The van der Waals surface area contributed by atoms with E-state index in [2.05, 4.69) is 26.1 Å². The van der Waals surface area contributed by atoms with Crippen LogP contribution in [0.5, 0.6) is 0 Å². The van der Waals surface area contributed by atoms with E-state index in [1.165, 1.54) is 6.20 Å². The van der Waals surface area contributed by atoms with Crippen LogP contribution in [0, 0.1) is 0 Å². The molecule has 3 rings (SSSR count). The molecule has 0 bridgehead atoms. The van der Waals surface area contributed by atoms with E-state index in [0.717, 1.165) is 25.9 Å². The van der Waals surface area contributed by atoms with Crippen LogP contribution in [0.15, 0.2) is 24.4 Å². The Morgan fingerprint density at radius 3 is 2.09 bits per heavy atom. The summed E-state index contributed by atoms with van der Waals surface area (Å²) >= 11 is 12.1. The number of nitrogens with one attached hydrogen (secondary N) is 3. The van der Waals surface area contributed by atoms with E-state index in [1.54, 1.807) is 18.2 Å². The first-order valence-corrected chi connectivity index (χ1v) is 14.2. The van der Waals surface area contributed by atoms with Crippen molar-refractivity contribution in [2.24, 2.45) is 0 Å². The average molecular weight is 574 g/mol. The zero-order chi connectivity index (χ0) is 26.8. The summed E-state index contributed by atoms with van der Waals surface area (Å²) in [7, 11) is -7.58. The SMILES string of the molecule is CS(=O)(=O)O.CS(=O)(=O)[O-].O=C(NC1CC[NH2+]CC1)c1[nH]ncc1NC(=O)c1c(Cl)cccc1Cl. The molecule has 0 unspecified atom stereocenters. The molecule has 17 heteroatoms. The molecule has 0 radical (unpaired) electrons. The second kappa shape index (κ2) is 13.7. The minimum atomic E-state index is -3.92. The number of nitrogens with zero attached hydrogens (tertiary/aromatic N) is 1. The van der Waals surface area contributed by atoms with Crippen molar-refractivity contribution in [3.8, 4) is 0 Å². The van der Waals surface area contributed by atoms with Gasteiger partial charge in [-0.25, -0.2) is 8.42 Å². The Morgan fingerprint density at radius 2 is 1.60 bits per heavy atom. The topological polar surface area (TPSA) is 215 Å². The third-order valence-electron chi connectivity index (χ3n) is 4.08. The lowest BCUT2D eigenvalue weighted by molar-refractivity contribution is -0.663. The van der Waals surface area contributed by atoms with Crippen molar-refractivity contribution in [1.29, 1.82) is 0 Å². The van der Waals surface area contributed by atoms with Gasteiger partial charge < -0.3 is 20.5 Å². The first kappa shape index (κ1) is 30.8. The summed E-state index contributed by atoms with van der Waals surface area (Å²) in [5.41, 5.74) is 0.633. The molecule has 1 saturated heterocycles. The number of hydrogen-bond acceptors (Lipinski definition) is 8. The maximum absolute atomic E-state index is 12.5. The van der Waals surface area contributed by atoms with Crippen molar-refractivity contribution < 1.29 is 40.8 Å². The highest BCUT2D eigenvalue weighted by Gasteiger charge is 2.23. The molecule has 1 aromatic heterocycles. The average Bonchev–Trinajstić information content (AvgIpc) is 3.14. The normalized spacial score (nSPS) is 14.0. The smallest absolute Gasteiger partial charge is 0.271 e. The van der Waals surface area contributed by atoms with Crippen molar-refractivity contribution in [1.82, 2.24) is 15.5 Å². The highest BCUT2D eigenvalue weighted by Crippen LogP contribution is 2.25. The number of quaternary nitrogens is 1. The summed E-state index contributed by atoms with van der Waals surface area (Å²) in [6.07, 6.45) is 4.53. The zero-order valence-corrected chi connectivity index (χ0v) is 21.8. The van der Waals surface area contributed by atoms with Gasteiger partial charge in [-0.15, -0.1) is 0 Å². The monoisotopic (exact) mass is 573 g/mol. The molecule has 1 aliphatic heterocycles. The van der Waals surface area contributed by atoms with Crippen LogP contribution in [-0.4, -0.2) is 79.6 Å². The molecular weight excluding hydrogens is 549 g/mol. The van der Waals surface area contributed by atoms with Crippen molar-refractivity contribution in [3.63, 3.8) is 0 Å². The minimum absolute atomic E-state index is 0.127. The summed E-state index contributed by atoms with van der Waals surface area (Å²) in [6.45, 7) is 1.98. The molecule has 1 aliphatic rings. The first-order chi connectivity index (χ1) is 16.1. The number of anilines is 1. The van der Waals surface area contributed by atoms with Crippen LogP contribution in [0.3, 0.4) is 0 Å². The maximum atomic E-state index is 12.5. The van der Waals surface area contributed by atoms with Crippen LogP contribution in [0.4, 0.5) is 5.69 Å². The fraction of sp³-hybridized carbons (Fsp3) is 0.389. The molecule has 196 valence electrons. The molecule has 6 N–H and O–H groups in total. The Labute approximate surface area is 212 Å². The van der Waals surface area contributed by atoms with Crippen LogP contribution in [-0.2, 0) is 20.2 Å². The van der Waals surface area contributed by atoms with Gasteiger partial charge in [0, 0.05) is 25.1 Å². The zero-order valence-electron chi connectivity index (χ0n) is 18.6. The van der Waals surface area contributed by atoms with Gasteiger partial charge in [-0.2, -0.15) is 13.5 Å². The van der Waals surface area contributed by atoms with Gasteiger partial charge in [0.25, 0.3) is 21.9 Å². The predicted octanol–water partition coefficient (Wildman–Crippen LogP) is 0.0898. The Morgan fingerprint density at radius 1 is 1.11 bits per heavy atom. The quantitative estimate of drug-likeness (QED) is 0.312. The molecule has 1 aromatic carbocycles. The molecule has 2 amide bonds. The molecule has 2 heterocycles. The Kier molecular flexibility index (Phi) is 12.1. The van der Waals surface area contributed by atoms with Gasteiger partial charge in [0.15, 0.2) is 0 Å². The van der Waals surface area contributed by atoms with E-state index in [4.69, 9.17) is 40.7 Å². The number of carbonyl (C=O) groups excluding carboxylic acids is 2. The number of nitrogens with two attached hydrogens (primary N) is 1. The number of aromatic nitrogens is 2. The number of amides is 2. The van der Waals surface area contributed by atoms with Crippen molar-refractivity contribution >= 4 is 60.9 Å². The first-order valence-electron chi connectivity index (χ1n) is 9.80. The largest absolute Gasteiger partial charge is 0.748 e. The Hall–Kier alpha value is -2.27. The van der Waals surface area contributed by atoms with E-state index >= 15 is 0 Å². The van der Waals surface area contributed by atoms with E-state index in [-0.39, 0.29) is 38.9 Å². The number of carbonyl (C=O) groups is 2. The lowest BCUT2D eigenvalue weighted by Gasteiger charge is -2.21. The van der Waals surface area contributed by atoms with Crippen LogP contribution in [0.1, 0.15) is 33.7 Å². The van der Waals surface area contributed by atoms with Crippen LogP contribution >= 0.6 is 23.2 Å². The van der Waals surface area contributed by atoms with Crippen LogP contribution in [0.2, 0.25) is 10.0 Å². The van der Waals surface area contributed by atoms with E-state index < -0.39 is 26.1 Å². The fourth-order valence-corrected chi connectivity index (χ4v) is 3.35. The molecule has 2 aromatic rings. The summed E-state index contributed by atoms with van der Waals surface area (Å²) in [5, 5.41) is 14.8. The lowest BCUT2D eigenvalue weighted by Crippen LogP contribution is -2.87. The summed E-state index contributed by atoms with van der Waals surface area (Å²) < 4.78 is 53.1. The summed E-state index contributed by atoms with van der Waals surface area (Å²) in [6, 6.07) is 4.93. The summed E-state index contributed by atoms with van der Waals surface area (Å²) in [4.78, 5) is 24.9. The number of rotatable bonds is 4. The molecule has 1 fully saturated rings. The summed E-state index contributed by atoms with van der Waals surface area (Å²) in [5.74, 6) is -0.803. The highest BCUT2D eigenvalue weighted by molar-refractivity contribution is 7.85. The number of benzene rings is 1. The Bertz CT molecular complexity index is 1160. The van der Waals surface area contributed by atoms with Crippen LogP contribution < -0.4 is 16.0 Å². The van der Waals surface area contributed by atoms with Crippen molar-refractivity contribution in [3.05, 3.63) is 45.7 Å². The minimum Gasteiger partial charge on any atom is -0.748 e. The molecule has 0 saturated carbocycles. The predicted molar refractivity (Wildman–Crippen MR) is 128 cm³/mol. The second-order valence-corrected chi connectivity index (χ2v) is 10.9. The molecule has 0 atom stereocenters.